The molecule has 33 heavy (non-hydrogen) atoms. The van der Waals surface area contributed by atoms with E-state index in [1.54, 1.807) is 6.07 Å². The molecule has 2 saturated heterocycles. The number of benzene rings is 1. The molecule has 8 heteroatoms. The molecule has 0 spiro atoms. The van der Waals surface area contributed by atoms with Gasteiger partial charge < -0.3 is 20.1 Å². The maximum atomic E-state index is 13.0. The van der Waals surface area contributed by atoms with Crippen molar-refractivity contribution < 1.29 is 19.1 Å². The maximum Gasteiger partial charge on any atom is 0.256 e. The van der Waals surface area contributed by atoms with E-state index in [9.17, 15) is 9.59 Å². The summed E-state index contributed by atoms with van der Waals surface area (Å²) in [6, 6.07) is 9.58. The molecule has 2 aromatic rings. The molecule has 0 aliphatic carbocycles. The molecule has 2 fully saturated rings. The Bertz CT molecular complexity index is 931. The number of ether oxygens (including phenoxy) is 2. The number of hydrogen-bond acceptors (Lipinski definition) is 6. The number of amides is 2. The van der Waals surface area contributed by atoms with E-state index in [-0.39, 0.29) is 17.9 Å². The van der Waals surface area contributed by atoms with Gasteiger partial charge in [0.1, 0.15) is 5.00 Å². The molecule has 7 nitrogen and oxygen atoms in total. The predicted molar refractivity (Wildman–Crippen MR) is 130 cm³/mol. The van der Waals surface area contributed by atoms with Crippen molar-refractivity contribution in [2.45, 2.75) is 32.2 Å². The quantitative estimate of drug-likeness (QED) is 0.615. The van der Waals surface area contributed by atoms with Gasteiger partial charge in [0, 0.05) is 43.8 Å². The Morgan fingerprint density at radius 1 is 1.06 bits per heavy atom. The summed E-state index contributed by atoms with van der Waals surface area (Å²) in [6.45, 7) is 9.47. The fraction of sp³-hybridized carbons (Fsp3) is 0.520. The second-order valence-corrected chi connectivity index (χ2v) is 9.86. The third-order valence-corrected chi connectivity index (χ3v) is 7.30. The number of nitrogens with one attached hydrogen (secondary N) is 2. The van der Waals surface area contributed by atoms with Crippen LogP contribution in [0.15, 0.2) is 35.7 Å². The van der Waals surface area contributed by atoms with Crippen molar-refractivity contribution in [2.24, 2.45) is 5.92 Å². The topological polar surface area (TPSA) is 79.9 Å². The highest BCUT2D eigenvalue weighted by molar-refractivity contribution is 7.14. The summed E-state index contributed by atoms with van der Waals surface area (Å²) in [6.07, 6.45) is 1.01. The first-order valence-corrected chi connectivity index (χ1v) is 12.6. The molecule has 1 aromatic heterocycles. The molecule has 2 aliphatic heterocycles. The zero-order valence-corrected chi connectivity index (χ0v) is 20.2. The van der Waals surface area contributed by atoms with Crippen LogP contribution >= 0.6 is 11.3 Å². The smallest absolute Gasteiger partial charge is 0.256 e. The molecule has 0 bridgehead atoms. The van der Waals surface area contributed by atoms with Gasteiger partial charge in [-0.15, -0.1) is 11.3 Å². The highest BCUT2D eigenvalue weighted by atomic mass is 32.1. The minimum atomic E-state index is -0.212. The Morgan fingerprint density at radius 3 is 2.48 bits per heavy atom. The van der Waals surface area contributed by atoms with E-state index in [1.807, 2.05) is 29.6 Å². The Hall–Kier alpha value is -2.26. The van der Waals surface area contributed by atoms with Crippen LogP contribution in [0.25, 0.3) is 0 Å². The maximum absolute atomic E-state index is 13.0. The Labute approximate surface area is 199 Å². The van der Waals surface area contributed by atoms with Gasteiger partial charge in [-0.2, -0.15) is 0 Å². The number of anilines is 1. The summed E-state index contributed by atoms with van der Waals surface area (Å²) < 4.78 is 11.1. The highest BCUT2D eigenvalue weighted by Gasteiger charge is 2.32. The van der Waals surface area contributed by atoms with Gasteiger partial charge in [0.25, 0.3) is 11.8 Å². The molecule has 2 N–H and O–H groups in total. The van der Waals surface area contributed by atoms with Crippen LogP contribution in [-0.2, 0) is 9.47 Å². The number of thiophene rings is 1. The van der Waals surface area contributed by atoms with Crippen molar-refractivity contribution in [1.82, 2.24) is 10.2 Å². The van der Waals surface area contributed by atoms with Crippen LogP contribution in [0.5, 0.6) is 0 Å². The second kappa shape index (κ2) is 11.2. The van der Waals surface area contributed by atoms with Crippen LogP contribution in [0, 0.1) is 5.92 Å². The van der Waals surface area contributed by atoms with E-state index in [1.165, 1.54) is 16.9 Å². The van der Waals surface area contributed by atoms with E-state index in [2.05, 4.69) is 29.4 Å². The fourth-order valence-electron chi connectivity index (χ4n) is 4.43. The fourth-order valence-corrected chi connectivity index (χ4v) is 5.21. The summed E-state index contributed by atoms with van der Waals surface area (Å²) in [5.74, 6) is 0.431. The summed E-state index contributed by atoms with van der Waals surface area (Å²) in [5.41, 5.74) is 2.26. The Balaban J connectivity index is 1.38. The van der Waals surface area contributed by atoms with Gasteiger partial charge in [0.15, 0.2) is 0 Å². The highest BCUT2D eigenvalue weighted by Crippen LogP contribution is 2.25. The molecule has 3 heterocycles. The lowest BCUT2D eigenvalue weighted by Gasteiger charge is -2.37. The molecular weight excluding hydrogens is 438 g/mol. The lowest BCUT2D eigenvalue weighted by atomic mass is 9.96. The lowest BCUT2D eigenvalue weighted by Crippen LogP contribution is -2.52. The molecule has 1 aromatic carbocycles. The number of carbonyl (C=O) groups is 2. The molecule has 4 rings (SSSR count). The van der Waals surface area contributed by atoms with Gasteiger partial charge in [0.2, 0.25) is 0 Å². The van der Waals surface area contributed by atoms with Crippen molar-refractivity contribution >= 4 is 28.2 Å². The van der Waals surface area contributed by atoms with E-state index in [0.717, 1.165) is 45.9 Å². The third-order valence-electron chi connectivity index (χ3n) is 6.47. The van der Waals surface area contributed by atoms with Crippen molar-refractivity contribution in [2.75, 3.05) is 51.4 Å². The van der Waals surface area contributed by atoms with Crippen LogP contribution in [0.1, 0.15) is 52.5 Å². The minimum absolute atomic E-state index is 0.168. The molecule has 0 saturated carbocycles. The summed E-state index contributed by atoms with van der Waals surface area (Å²) in [7, 11) is 0. The lowest BCUT2D eigenvalue weighted by molar-refractivity contribution is 0.00167. The first kappa shape index (κ1) is 23.9. The van der Waals surface area contributed by atoms with Crippen LogP contribution in [0.3, 0.4) is 0 Å². The van der Waals surface area contributed by atoms with E-state index in [0.29, 0.717) is 34.5 Å². The van der Waals surface area contributed by atoms with Crippen LogP contribution in [-0.4, -0.2) is 68.8 Å². The molecule has 2 atom stereocenters. The van der Waals surface area contributed by atoms with Gasteiger partial charge >= 0.3 is 0 Å². The molecule has 2 amide bonds. The average molecular weight is 472 g/mol. The number of morpholine rings is 1. The normalized spacial score (nSPS) is 20.0. The van der Waals surface area contributed by atoms with Gasteiger partial charge in [-0.05, 0) is 41.5 Å². The number of rotatable bonds is 8. The third kappa shape index (κ3) is 6.00. The van der Waals surface area contributed by atoms with Gasteiger partial charge in [-0.1, -0.05) is 26.0 Å². The van der Waals surface area contributed by atoms with Gasteiger partial charge in [-0.25, -0.2) is 0 Å². The van der Waals surface area contributed by atoms with Crippen molar-refractivity contribution in [3.8, 4) is 0 Å². The molecule has 2 unspecified atom stereocenters. The monoisotopic (exact) mass is 471 g/mol. The largest absolute Gasteiger partial charge is 0.381 e. The standard InChI is InChI=1S/C25H33N3O4S/c1-17(2)18-3-5-19(6-4-18)23(29)27-25-21(8-14-33-25)24(30)26-15-22(20-7-11-32-16-20)28-9-12-31-13-10-28/h3-6,8,14,17,20,22H,7,9-13,15-16H2,1-2H3,(H,26,30)(H,27,29). The SMILES string of the molecule is CC(C)c1ccc(C(=O)Nc2sccc2C(=O)NCC(C2CCOC2)N2CCOCC2)cc1. The first-order chi connectivity index (χ1) is 16.0. The molecular formula is C25H33N3O4S. The summed E-state index contributed by atoms with van der Waals surface area (Å²) >= 11 is 1.36. The summed E-state index contributed by atoms with van der Waals surface area (Å²) in [4.78, 5) is 28.2. The molecule has 178 valence electrons. The zero-order chi connectivity index (χ0) is 23.2. The predicted octanol–water partition coefficient (Wildman–Crippen LogP) is 3.59. The van der Waals surface area contributed by atoms with Gasteiger partial charge in [-0.3, -0.25) is 14.5 Å². The van der Waals surface area contributed by atoms with Crippen LogP contribution in [0.2, 0.25) is 0 Å². The van der Waals surface area contributed by atoms with E-state index >= 15 is 0 Å². The van der Waals surface area contributed by atoms with Crippen LogP contribution in [0.4, 0.5) is 5.00 Å². The van der Waals surface area contributed by atoms with Crippen molar-refractivity contribution in [3.63, 3.8) is 0 Å². The minimum Gasteiger partial charge on any atom is -0.381 e. The number of nitrogens with zero attached hydrogens (tertiary/aromatic N) is 1. The van der Waals surface area contributed by atoms with Gasteiger partial charge in [0.05, 0.1) is 25.4 Å². The Morgan fingerprint density at radius 2 is 1.82 bits per heavy atom. The van der Waals surface area contributed by atoms with E-state index < -0.39 is 0 Å². The summed E-state index contributed by atoms with van der Waals surface area (Å²) in [5, 5.41) is 8.42. The van der Waals surface area contributed by atoms with E-state index in [4.69, 9.17) is 9.47 Å². The second-order valence-electron chi connectivity index (χ2n) is 8.94. The Kier molecular flexibility index (Phi) is 8.14. The number of carbonyl (C=O) groups excluding carboxylic acids is 2. The molecule has 0 radical (unpaired) electrons. The average Bonchev–Trinajstić information content (AvgIpc) is 3.52. The number of hydrogen-bond donors (Lipinski definition) is 2. The zero-order valence-electron chi connectivity index (χ0n) is 19.3. The molecule has 2 aliphatic rings. The van der Waals surface area contributed by atoms with Crippen LogP contribution < -0.4 is 10.6 Å². The first-order valence-electron chi connectivity index (χ1n) is 11.7. The van der Waals surface area contributed by atoms with Crippen molar-refractivity contribution in [1.29, 1.82) is 0 Å². The van der Waals surface area contributed by atoms with Crippen molar-refractivity contribution in [3.05, 3.63) is 52.4 Å².